The summed E-state index contributed by atoms with van der Waals surface area (Å²) in [5.41, 5.74) is 1.35. The average molecular weight is 166 g/mol. The van der Waals surface area contributed by atoms with Crippen LogP contribution in [0.1, 0.15) is 27.2 Å². The highest BCUT2D eigenvalue weighted by atomic mass is 16.5. The lowest BCUT2D eigenvalue weighted by Crippen LogP contribution is -2.29. The maximum atomic E-state index is 5.47. The summed E-state index contributed by atoms with van der Waals surface area (Å²) in [6, 6.07) is 0. The van der Waals surface area contributed by atoms with Gasteiger partial charge in [0.05, 0.1) is 6.26 Å². The Morgan fingerprint density at radius 3 is 2.83 bits per heavy atom. The van der Waals surface area contributed by atoms with Crippen molar-refractivity contribution in [3.63, 3.8) is 0 Å². The monoisotopic (exact) mass is 166 g/mol. The first-order chi connectivity index (χ1) is 5.66. The Labute approximate surface area is 75.1 Å². The van der Waals surface area contributed by atoms with E-state index in [0.717, 1.165) is 5.92 Å². The summed E-state index contributed by atoms with van der Waals surface area (Å²) in [6.45, 7) is 10.3. The van der Waals surface area contributed by atoms with Gasteiger partial charge in [-0.15, -0.1) is 0 Å². The molecule has 0 heterocycles. The lowest BCUT2D eigenvalue weighted by Gasteiger charge is -2.32. The predicted octanol–water partition coefficient (Wildman–Crippen LogP) is 3.14. The molecule has 0 aliphatic heterocycles. The fourth-order valence-electron chi connectivity index (χ4n) is 1.75. The Bertz CT molecular complexity index is 193. The van der Waals surface area contributed by atoms with Crippen LogP contribution in [-0.2, 0) is 4.74 Å². The summed E-state index contributed by atoms with van der Waals surface area (Å²) < 4.78 is 5.47. The molecule has 0 N–H and O–H groups in total. The van der Waals surface area contributed by atoms with Crippen LogP contribution in [0.15, 0.2) is 24.5 Å². The van der Waals surface area contributed by atoms with E-state index in [1.165, 1.54) is 12.0 Å². The third-order valence-electron chi connectivity index (χ3n) is 2.88. The zero-order valence-electron chi connectivity index (χ0n) is 8.21. The predicted molar refractivity (Wildman–Crippen MR) is 51.8 cm³/mol. The Morgan fingerprint density at radius 2 is 2.25 bits per heavy atom. The number of hydrogen-bond donors (Lipinski definition) is 0. The second-order valence-electron chi connectivity index (χ2n) is 3.74. The first-order valence-corrected chi connectivity index (χ1v) is 4.59. The molecule has 1 rings (SSSR count). The molecule has 0 saturated heterocycles. The number of ether oxygens (including phenoxy) is 1. The number of allylic oxidation sites excluding steroid dienone is 1. The molecule has 1 heteroatoms. The fraction of sp³-hybridized carbons (Fsp3) is 0.636. The quantitative estimate of drug-likeness (QED) is 0.452. The molecule has 0 aromatic carbocycles. The first kappa shape index (κ1) is 9.37. The van der Waals surface area contributed by atoms with Gasteiger partial charge < -0.3 is 4.74 Å². The van der Waals surface area contributed by atoms with Crippen LogP contribution in [0.2, 0.25) is 0 Å². The van der Waals surface area contributed by atoms with Gasteiger partial charge >= 0.3 is 0 Å². The molecule has 3 atom stereocenters. The number of hydrogen-bond acceptors (Lipinski definition) is 1. The molecule has 0 amide bonds. The second kappa shape index (κ2) is 3.79. The molecule has 68 valence electrons. The normalized spacial score (nSPS) is 35.6. The maximum Gasteiger partial charge on any atom is 0.121 e. The average Bonchev–Trinajstić information content (AvgIpc) is 2.06. The van der Waals surface area contributed by atoms with Crippen LogP contribution in [-0.4, -0.2) is 6.10 Å². The van der Waals surface area contributed by atoms with E-state index in [1.54, 1.807) is 6.26 Å². The number of rotatable bonds is 2. The molecule has 0 radical (unpaired) electrons. The van der Waals surface area contributed by atoms with Gasteiger partial charge in [-0.1, -0.05) is 26.5 Å². The SMILES string of the molecule is C=COC1C(C)=CCC(C)C1C. The third kappa shape index (κ3) is 1.71. The van der Waals surface area contributed by atoms with Crippen LogP contribution in [0.5, 0.6) is 0 Å². The van der Waals surface area contributed by atoms with Gasteiger partial charge in [0, 0.05) is 0 Å². The summed E-state index contributed by atoms with van der Waals surface area (Å²) in [6.07, 6.45) is 5.27. The van der Waals surface area contributed by atoms with E-state index >= 15 is 0 Å². The summed E-state index contributed by atoms with van der Waals surface area (Å²) in [7, 11) is 0. The summed E-state index contributed by atoms with van der Waals surface area (Å²) in [4.78, 5) is 0. The van der Waals surface area contributed by atoms with Crippen molar-refractivity contribution >= 4 is 0 Å². The zero-order valence-corrected chi connectivity index (χ0v) is 8.21. The maximum absolute atomic E-state index is 5.47. The highest BCUT2D eigenvalue weighted by Crippen LogP contribution is 2.31. The van der Waals surface area contributed by atoms with E-state index in [2.05, 4.69) is 33.4 Å². The van der Waals surface area contributed by atoms with Gasteiger partial charge in [-0.3, -0.25) is 0 Å². The summed E-state index contributed by atoms with van der Waals surface area (Å²) >= 11 is 0. The van der Waals surface area contributed by atoms with Gasteiger partial charge in [0.15, 0.2) is 0 Å². The molecule has 0 aromatic heterocycles. The van der Waals surface area contributed by atoms with Crippen LogP contribution in [0, 0.1) is 11.8 Å². The molecular weight excluding hydrogens is 148 g/mol. The fourth-order valence-corrected chi connectivity index (χ4v) is 1.75. The minimum absolute atomic E-state index is 0.256. The Hall–Kier alpha value is -0.720. The van der Waals surface area contributed by atoms with Gasteiger partial charge in [-0.05, 0) is 30.8 Å². The van der Waals surface area contributed by atoms with Crippen LogP contribution >= 0.6 is 0 Å². The van der Waals surface area contributed by atoms with Gasteiger partial charge in [0.1, 0.15) is 6.10 Å². The van der Waals surface area contributed by atoms with E-state index in [0.29, 0.717) is 5.92 Å². The smallest absolute Gasteiger partial charge is 0.121 e. The van der Waals surface area contributed by atoms with Crippen molar-refractivity contribution < 1.29 is 4.74 Å². The van der Waals surface area contributed by atoms with Crippen molar-refractivity contribution in [2.45, 2.75) is 33.3 Å². The molecule has 0 aromatic rings. The highest BCUT2D eigenvalue weighted by molar-refractivity contribution is 5.12. The van der Waals surface area contributed by atoms with Crippen LogP contribution < -0.4 is 0 Å². The molecule has 1 nitrogen and oxygen atoms in total. The lowest BCUT2D eigenvalue weighted by molar-refractivity contribution is 0.0898. The van der Waals surface area contributed by atoms with Crippen molar-refractivity contribution in [1.82, 2.24) is 0 Å². The molecule has 1 aliphatic carbocycles. The van der Waals surface area contributed by atoms with Crippen molar-refractivity contribution in [2.24, 2.45) is 11.8 Å². The van der Waals surface area contributed by atoms with Crippen molar-refractivity contribution in [3.8, 4) is 0 Å². The largest absolute Gasteiger partial charge is 0.494 e. The van der Waals surface area contributed by atoms with Gasteiger partial charge in [-0.25, -0.2) is 0 Å². The van der Waals surface area contributed by atoms with E-state index in [1.807, 2.05) is 0 Å². The Morgan fingerprint density at radius 1 is 1.58 bits per heavy atom. The molecule has 1 aliphatic rings. The Balaban J connectivity index is 2.72. The van der Waals surface area contributed by atoms with E-state index in [-0.39, 0.29) is 6.10 Å². The van der Waals surface area contributed by atoms with E-state index < -0.39 is 0 Å². The zero-order chi connectivity index (χ0) is 9.14. The third-order valence-corrected chi connectivity index (χ3v) is 2.88. The molecule has 12 heavy (non-hydrogen) atoms. The molecule has 3 unspecified atom stereocenters. The van der Waals surface area contributed by atoms with E-state index in [4.69, 9.17) is 4.74 Å². The van der Waals surface area contributed by atoms with Crippen molar-refractivity contribution in [1.29, 1.82) is 0 Å². The van der Waals surface area contributed by atoms with Crippen LogP contribution in [0.3, 0.4) is 0 Å². The van der Waals surface area contributed by atoms with Gasteiger partial charge in [0.2, 0.25) is 0 Å². The van der Waals surface area contributed by atoms with Crippen LogP contribution in [0.4, 0.5) is 0 Å². The standard InChI is InChI=1S/C11H18O/c1-5-12-11-9(3)7-6-8(2)10(11)4/h5,7-8,10-11H,1,6H2,2-4H3. The highest BCUT2D eigenvalue weighted by Gasteiger charge is 2.27. The Kier molecular flexibility index (Phi) is 2.96. The minimum Gasteiger partial charge on any atom is -0.494 e. The van der Waals surface area contributed by atoms with Crippen LogP contribution in [0.25, 0.3) is 0 Å². The van der Waals surface area contributed by atoms with Crippen molar-refractivity contribution in [2.75, 3.05) is 0 Å². The first-order valence-electron chi connectivity index (χ1n) is 4.59. The van der Waals surface area contributed by atoms with E-state index in [9.17, 15) is 0 Å². The summed E-state index contributed by atoms with van der Waals surface area (Å²) in [5, 5.41) is 0. The summed E-state index contributed by atoms with van der Waals surface area (Å²) in [5.74, 6) is 1.33. The van der Waals surface area contributed by atoms with Gasteiger partial charge in [-0.2, -0.15) is 0 Å². The topological polar surface area (TPSA) is 9.23 Å². The molecule has 0 spiro atoms. The minimum atomic E-state index is 0.256. The lowest BCUT2D eigenvalue weighted by atomic mass is 9.80. The van der Waals surface area contributed by atoms with Gasteiger partial charge in [0.25, 0.3) is 0 Å². The molecular formula is C11H18O. The second-order valence-corrected chi connectivity index (χ2v) is 3.74. The molecule has 0 fully saturated rings. The van der Waals surface area contributed by atoms with Crippen molar-refractivity contribution in [3.05, 3.63) is 24.5 Å². The molecule has 0 bridgehead atoms. The molecule has 0 saturated carbocycles.